The summed E-state index contributed by atoms with van der Waals surface area (Å²) in [6, 6.07) is 5.94. The molecule has 82 valence electrons. The molecule has 0 amide bonds. The second kappa shape index (κ2) is 5.20. The van der Waals surface area contributed by atoms with Crippen molar-refractivity contribution in [1.82, 2.24) is 5.32 Å². The fraction of sp³-hybridized carbons (Fsp3) is 0.500. The van der Waals surface area contributed by atoms with Crippen molar-refractivity contribution in [2.45, 2.75) is 25.2 Å². The van der Waals surface area contributed by atoms with Crippen LogP contribution in [0.2, 0.25) is 10.0 Å². The first-order valence-electron chi connectivity index (χ1n) is 5.43. The van der Waals surface area contributed by atoms with Gasteiger partial charge in [-0.3, -0.25) is 0 Å². The molecule has 0 radical (unpaired) electrons. The van der Waals surface area contributed by atoms with Gasteiger partial charge < -0.3 is 5.32 Å². The summed E-state index contributed by atoms with van der Waals surface area (Å²) in [5, 5.41) is 4.82. The fourth-order valence-electron chi connectivity index (χ4n) is 2.17. The molecule has 0 bridgehead atoms. The lowest BCUT2D eigenvalue weighted by atomic mass is 9.92. The Balaban J connectivity index is 2.23. The Labute approximate surface area is 101 Å². The van der Waals surface area contributed by atoms with Crippen molar-refractivity contribution in [3.05, 3.63) is 33.8 Å². The Morgan fingerprint density at radius 3 is 2.87 bits per heavy atom. The van der Waals surface area contributed by atoms with Crippen LogP contribution in [-0.4, -0.2) is 13.1 Å². The predicted molar refractivity (Wildman–Crippen MR) is 65.9 cm³/mol. The maximum atomic E-state index is 6.23. The van der Waals surface area contributed by atoms with Crippen molar-refractivity contribution < 1.29 is 0 Å². The molecule has 3 heteroatoms. The van der Waals surface area contributed by atoms with E-state index < -0.39 is 0 Å². The van der Waals surface area contributed by atoms with E-state index in [9.17, 15) is 0 Å². The molecule has 15 heavy (non-hydrogen) atoms. The van der Waals surface area contributed by atoms with Crippen LogP contribution >= 0.6 is 23.2 Å². The van der Waals surface area contributed by atoms with Gasteiger partial charge in [0.1, 0.15) is 0 Å². The fourth-order valence-corrected chi connectivity index (χ4v) is 2.63. The molecule has 1 fully saturated rings. The average Bonchev–Trinajstić information content (AvgIpc) is 2.50. The highest BCUT2D eigenvalue weighted by Gasteiger charge is 2.17. The lowest BCUT2D eigenvalue weighted by Gasteiger charge is -2.16. The zero-order chi connectivity index (χ0) is 10.7. The van der Waals surface area contributed by atoms with Gasteiger partial charge in [-0.25, -0.2) is 0 Å². The van der Waals surface area contributed by atoms with Gasteiger partial charge in [-0.2, -0.15) is 0 Å². The zero-order valence-corrected chi connectivity index (χ0v) is 10.1. The Hall–Kier alpha value is -0.240. The highest BCUT2D eigenvalue weighted by Crippen LogP contribution is 2.35. The van der Waals surface area contributed by atoms with Gasteiger partial charge in [0.05, 0.1) is 10.0 Å². The number of benzene rings is 1. The summed E-state index contributed by atoms with van der Waals surface area (Å²) < 4.78 is 0. The minimum Gasteiger partial charge on any atom is -0.317 e. The topological polar surface area (TPSA) is 12.0 Å². The van der Waals surface area contributed by atoms with Crippen LogP contribution in [0.1, 0.15) is 30.7 Å². The molecule has 0 aromatic heterocycles. The summed E-state index contributed by atoms with van der Waals surface area (Å²) in [5.74, 6) is 0.561. The second-order valence-electron chi connectivity index (χ2n) is 4.02. The van der Waals surface area contributed by atoms with Crippen molar-refractivity contribution in [3.63, 3.8) is 0 Å². The van der Waals surface area contributed by atoms with Crippen molar-refractivity contribution in [1.29, 1.82) is 0 Å². The van der Waals surface area contributed by atoms with Gasteiger partial charge in [0.25, 0.3) is 0 Å². The van der Waals surface area contributed by atoms with Crippen molar-refractivity contribution in [3.8, 4) is 0 Å². The summed E-state index contributed by atoms with van der Waals surface area (Å²) in [4.78, 5) is 0. The third-order valence-electron chi connectivity index (χ3n) is 3.00. The van der Waals surface area contributed by atoms with Crippen LogP contribution in [0.15, 0.2) is 18.2 Å². The summed E-state index contributed by atoms with van der Waals surface area (Å²) >= 11 is 12.3. The van der Waals surface area contributed by atoms with E-state index >= 15 is 0 Å². The first-order valence-corrected chi connectivity index (χ1v) is 6.19. The van der Waals surface area contributed by atoms with E-state index in [-0.39, 0.29) is 0 Å². The predicted octanol–water partition coefficient (Wildman–Crippen LogP) is 3.85. The minimum atomic E-state index is 0.561. The maximum absolute atomic E-state index is 6.23. The Kier molecular flexibility index (Phi) is 3.90. The second-order valence-corrected chi connectivity index (χ2v) is 4.81. The van der Waals surface area contributed by atoms with Crippen molar-refractivity contribution in [2.24, 2.45) is 0 Å². The minimum absolute atomic E-state index is 0.561. The smallest absolute Gasteiger partial charge is 0.0627 e. The van der Waals surface area contributed by atoms with E-state index in [4.69, 9.17) is 23.2 Å². The normalized spacial score (nSPS) is 22.4. The van der Waals surface area contributed by atoms with E-state index in [1.807, 2.05) is 12.1 Å². The standard InChI is InChI=1S/C12H15Cl2N/c13-11-5-1-4-10(12(11)14)9-3-2-7-15-8-6-9/h1,4-5,9,15H,2-3,6-8H2. The summed E-state index contributed by atoms with van der Waals surface area (Å²) in [5.41, 5.74) is 1.22. The van der Waals surface area contributed by atoms with Gasteiger partial charge >= 0.3 is 0 Å². The van der Waals surface area contributed by atoms with Crippen LogP contribution in [-0.2, 0) is 0 Å². The van der Waals surface area contributed by atoms with E-state index in [0.717, 1.165) is 24.5 Å². The molecule has 1 aromatic carbocycles. The van der Waals surface area contributed by atoms with Crippen molar-refractivity contribution in [2.75, 3.05) is 13.1 Å². The van der Waals surface area contributed by atoms with Crippen LogP contribution in [0.25, 0.3) is 0 Å². The van der Waals surface area contributed by atoms with E-state index in [0.29, 0.717) is 10.9 Å². The maximum Gasteiger partial charge on any atom is 0.0627 e. The monoisotopic (exact) mass is 243 g/mol. The Morgan fingerprint density at radius 2 is 2.00 bits per heavy atom. The lowest BCUT2D eigenvalue weighted by Crippen LogP contribution is -2.13. The molecule has 1 unspecified atom stereocenters. The summed E-state index contributed by atoms with van der Waals surface area (Å²) in [6.45, 7) is 2.20. The van der Waals surface area contributed by atoms with Crippen LogP contribution in [0.4, 0.5) is 0 Å². The first-order chi connectivity index (χ1) is 7.29. The molecule has 1 N–H and O–H groups in total. The molecule has 1 atom stereocenters. The average molecular weight is 244 g/mol. The molecule has 0 saturated carbocycles. The van der Waals surface area contributed by atoms with Gasteiger partial charge in [-0.15, -0.1) is 0 Å². The molecule has 0 spiro atoms. The quantitative estimate of drug-likeness (QED) is 0.791. The molecule has 0 aliphatic carbocycles. The molecule has 1 aliphatic heterocycles. The van der Waals surface area contributed by atoms with E-state index in [2.05, 4.69) is 11.4 Å². The van der Waals surface area contributed by atoms with E-state index in [1.54, 1.807) is 0 Å². The Morgan fingerprint density at radius 1 is 1.13 bits per heavy atom. The molecular formula is C12H15Cl2N. The van der Waals surface area contributed by atoms with E-state index in [1.165, 1.54) is 18.4 Å². The van der Waals surface area contributed by atoms with Gasteiger partial charge in [0, 0.05) is 0 Å². The van der Waals surface area contributed by atoms with Crippen LogP contribution in [0.3, 0.4) is 0 Å². The number of nitrogens with one attached hydrogen (secondary N) is 1. The molecule has 1 aromatic rings. The SMILES string of the molecule is Clc1cccc(C2CCCNCC2)c1Cl. The molecule has 1 aliphatic rings. The largest absolute Gasteiger partial charge is 0.317 e. The van der Waals surface area contributed by atoms with Crippen LogP contribution < -0.4 is 5.32 Å². The molecule has 1 saturated heterocycles. The van der Waals surface area contributed by atoms with Crippen LogP contribution in [0, 0.1) is 0 Å². The highest BCUT2D eigenvalue weighted by atomic mass is 35.5. The highest BCUT2D eigenvalue weighted by molar-refractivity contribution is 6.42. The lowest BCUT2D eigenvalue weighted by molar-refractivity contribution is 0.610. The Bertz CT molecular complexity index is 330. The number of hydrogen-bond acceptors (Lipinski definition) is 1. The molecule has 1 heterocycles. The number of halogens is 2. The molecule has 2 rings (SSSR count). The molecular weight excluding hydrogens is 229 g/mol. The van der Waals surface area contributed by atoms with Gasteiger partial charge in [-0.1, -0.05) is 35.3 Å². The zero-order valence-electron chi connectivity index (χ0n) is 8.60. The third kappa shape index (κ3) is 2.66. The van der Waals surface area contributed by atoms with Gasteiger partial charge in [-0.05, 0) is 49.9 Å². The summed E-state index contributed by atoms with van der Waals surface area (Å²) in [6.07, 6.45) is 3.57. The number of hydrogen-bond donors (Lipinski definition) is 1. The van der Waals surface area contributed by atoms with Gasteiger partial charge in [0.15, 0.2) is 0 Å². The van der Waals surface area contributed by atoms with Crippen molar-refractivity contribution >= 4 is 23.2 Å². The van der Waals surface area contributed by atoms with Gasteiger partial charge in [0.2, 0.25) is 0 Å². The summed E-state index contributed by atoms with van der Waals surface area (Å²) in [7, 11) is 0. The molecule has 1 nitrogen and oxygen atoms in total. The van der Waals surface area contributed by atoms with Crippen LogP contribution in [0.5, 0.6) is 0 Å². The third-order valence-corrected chi connectivity index (χ3v) is 3.83. The number of rotatable bonds is 1. The first kappa shape index (κ1) is 11.3.